The molecule has 0 aromatic heterocycles. The van der Waals surface area contributed by atoms with Gasteiger partial charge in [-0.2, -0.15) is 0 Å². The zero-order valence-corrected chi connectivity index (χ0v) is 17.7. The number of rotatable bonds is 7. The number of ether oxygens (including phenoxy) is 1. The zero-order chi connectivity index (χ0) is 21.6. The van der Waals surface area contributed by atoms with Gasteiger partial charge in [-0.25, -0.2) is 4.39 Å². The lowest BCUT2D eigenvalue weighted by Gasteiger charge is -2.17. The minimum absolute atomic E-state index is 0.0142. The molecule has 31 heavy (non-hydrogen) atoms. The van der Waals surface area contributed by atoms with Gasteiger partial charge in [-0.3, -0.25) is 9.69 Å². The molecule has 0 bridgehead atoms. The topological polar surface area (TPSA) is 41.6 Å². The van der Waals surface area contributed by atoms with Crippen molar-refractivity contribution >= 4 is 5.91 Å². The van der Waals surface area contributed by atoms with Crippen LogP contribution in [0.1, 0.15) is 17.5 Å². The lowest BCUT2D eigenvalue weighted by molar-refractivity contribution is -0.121. The fourth-order valence-corrected chi connectivity index (χ4v) is 4.09. The molecule has 1 atom stereocenters. The molecule has 1 saturated heterocycles. The summed E-state index contributed by atoms with van der Waals surface area (Å²) in [6, 6.07) is 22.8. The van der Waals surface area contributed by atoms with E-state index in [-0.39, 0.29) is 24.2 Å². The van der Waals surface area contributed by atoms with Crippen molar-refractivity contribution in [2.45, 2.75) is 25.4 Å². The first-order chi connectivity index (χ1) is 15.1. The fourth-order valence-electron chi connectivity index (χ4n) is 4.09. The maximum Gasteiger partial charge on any atom is 0.224 e. The van der Waals surface area contributed by atoms with Gasteiger partial charge in [0, 0.05) is 31.2 Å². The number of amides is 1. The number of nitrogens with one attached hydrogen (secondary N) is 1. The van der Waals surface area contributed by atoms with Crippen molar-refractivity contribution in [3.63, 3.8) is 0 Å². The van der Waals surface area contributed by atoms with Crippen LogP contribution in [0, 0.1) is 5.82 Å². The van der Waals surface area contributed by atoms with Crippen LogP contribution in [-0.2, 0) is 17.8 Å². The summed E-state index contributed by atoms with van der Waals surface area (Å²) in [5.41, 5.74) is 4.29. The molecule has 0 saturated carbocycles. The van der Waals surface area contributed by atoms with Crippen molar-refractivity contribution in [3.8, 4) is 16.9 Å². The summed E-state index contributed by atoms with van der Waals surface area (Å²) in [5.74, 6) is 0.570. The molecule has 1 unspecified atom stereocenters. The molecule has 0 aliphatic carbocycles. The minimum Gasteiger partial charge on any atom is -0.496 e. The third-order valence-electron chi connectivity index (χ3n) is 5.69. The first kappa shape index (κ1) is 21.1. The van der Waals surface area contributed by atoms with E-state index in [1.807, 2.05) is 18.2 Å². The summed E-state index contributed by atoms with van der Waals surface area (Å²) in [6.45, 7) is 2.65. The molecule has 3 aromatic carbocycles. The first-order valence-corrected chi connectivity index (χ1v) is 10.6. The van der Waals surface area contributed by atoms with Gasteiger partial charge in [-0.05, 0) is 41.3 Å². The van der Waals surface area contributed by atoms with Crippen LogP contribution in [0.2, 0.25) is 0 Å². The number of likely N-dealkylation sites (tertiary alicyclic amines) is 1. The third-order valence-corrected chi connectivity index (χ3v) is 5.69. The highest BCUT2D eigenvalue weighted by Gasteiger charge is 2.23. The number of hydrogen-bond acceptors (Lipinski definition) is 3. The largest absolute Gasteiger partial charge is 0.496 e. The van der Waals surface area contributed by atoms with E-state index < -0.39 is 0 Å². The Bertz CT molecular complexity index is 1020. The highest BCUT2D eigenvalue weighted by molar-refractivity contribution is 5.78. The summed E-state index contributed by atoms with van der Waals surface area (Å²) in [7, 11) is 1.69. The van der Waals surface area contributed by atoms with Gasteiger partial charge < -0.3 is 10.1 Å². The summed E-state index contributed by atoms with van der Waals surface area (Å²) in [5, 5.41) is 3.11. The Kier molecular flexibility index (Phi) is 6.63. The molecule has 4 nitrogen and oxygen atoms in total. The molecule has 0 spiro atoms. The van der Waals surface area contributed by atoms with Crippen molar-refractivity contribution in [3.05, 3.63) is 89.7 Å². The molecule has 0 radical (unpaired) electrons. The minimum atomic E-state index is -0.286. The first-order valence-electron chi connectivity index (χ1n) is 10.6. The number of carbonyl (C=O) groups excluding carboxylic acids is 1. The van der Waals surface area contributed by atoms with E-state index in [2.05, 4.69) is 40.5 Å². The molecule has 1 aliphatic heterocycles. The van der Waals surface area contributed by atoms with Crippen LogP contribution in [0.3, 0.4) is 0 Å². The monoisotopic (exact) mass is 418 g/mol. The number of carbonyl (C=O) groups is 1. The van der Waals surface area contributed by atoms with Gasteiger partial charge in [0.25, 0.3) is 0 Å². The van der Waals surface area contributed by atoms with E-state index >= 15 is 0 Å². The van der Waals surface area contributed by atoms with Crippen molar-refractivity contribution < 1.29 is 13.9 Å². The Morgan fingerprint density at radius 3 is 2.48 bits per heavy atom. The van der Waals surface area contributed by atoms with Crippen LogP contribution < -0.4 is 10.1 Å². The molecule has 3 aromatic rings. The highest BCUT2D eigenvalue weighted by Crippen LogP contribution is 2.29. The molecular weight excluding hydrogens is 391 g/mol. The van der Waals surface area contributed by atoms with Gasteiger partial charge in [0.05, 0.1) is 13.5 Å². The number of para-hydroxylation sites is 1. The quantitative estimate of drug-likeness (QED) is 0.617. The Morgan fingerprint density at radius 2 is 1.74 bits per heavy atom. The van der Waals surface area contributed by atoms with Crippen molar-refractivity contribution in [1.29, 1.82) is 0 Å². The normalized spacial score (nSPS) is 16.3. The highest BCUT2D eigenvalue weighted by atomic mass is 19.1. The third kappa shape index (κ3) is 5.50. The Balaban J connectivity index is 1.29. The molecule has 160 valence electrons. The second-order valence-corrected chi connectivity index (χ2v) is 7.99. The Morgan fingerprint density at radius 1 is 1.03 bits per heavy atom. The van der Waals surface area contributed by atoms with Crippen molar-refractivity contribution in [2.75, 3.05) is 20.2 Å². The molecule has 1 N–H and O–H groups in total. The van der Waals surface area contributed by atoms with E-state index in [9.17, 15) is 9.18 Å². The van der Waals surface area contributed by atoms with E-state index in [1.54, 1.807) is 19.2 Å². The van der Waals surface area contributed by atoms with Crippen molar-refractivity contribution in [2.24, 2.45) is 0 Å². The van der Waals surface area contributed by atoms with Crippen LogP contribution in [-0.4, -0.2) is 37.0 Å². The Labute approximate surface area is 182 Å². The lowest BCUT2D eigenvalue weighted by Crippen LogP contribution is -2.37. The number of methoxy groups -OCH3 is 1. The van der Waals surface area contributed by atoms with Gasteiger partial charge >= 0.3 is 0 Å². The molecule has 5 heteroatoms. The number of hydrogen-bond donors (Lipinski definition) is 1. The molecule has 1 aliphatic rings. The molecule has 1 amide bonds. The van der Waals surface area contributed by atoms with Crippen molar-refractivity contribution in [1.82, 2.24) is 10.2 Å². The number of nitrogens with zero attached hydrogens (tertiary/aromatic N) is 1. The van der Waals surface area contributed by atoms with E-state index in [0.717, 1.165) is 48.5 Å². The summed E-state index contributed by atoms with van der Waals surface area (Å²) in [6.07, 6.45) is 1.22. The maximum atomic E-state index is 13.0. The lowest BCUT2D eigenvalue weighted by atomic mass is 10.0. The fraction of sp³-hybridized carbons (Fsp3) is 0.269. The van der Waals surface area contributed by atoms with Gasteiger partial charge in [0.2, 0.25) is 5.91 Å². The summed E-state index contributed by atoms with van der Waals surface area (Å²) >= 11 is 0. The average molecular weight is 419 g/mol. The molecular formula is C26H27FN2O2. The van der Waals surface area contributed by atoms with Gasteiger partial charge in [0.15, 0.2) is 0 Å². The van der Waals surface area contributed by atoms with Crippen LogP contribution in [0.15, 0.2) is 72.8 Å². The van der Waals surface area contributed by atoms with E-state index in [4.69, 9.17) is 4.74 Å². The predicted octanol–water partition coefficient (Wildman–Crippen LogP) is 4.43. The SMILES string of the molecule is COc1ccccc1-c1ccc(CN2CCC(NC(=O)Cc3ccc(F)cc3)C2)cc1. The van der Waals surface area contributed by atoms with E-state index in [1.165, 1.54) is 17.7 Å². The van der Waals surface area contributed by atoms with Gasteiger partial charge in [0.1, 0.15) is 11.6 Å². The molecule has 1 heterocycles. The predicted molar refractivity (Wildman–Crippen MR) is 120 cm³/mol. The summed E-state index contributed by atoms with van der Waals surface area (Å²) < 4.78 is 18.5. The van der Waals surface area contributed by atoms with Gasteiger partial charge in [-0.1, -0.05) is 54.6 Å². The van der Waals surface area contributed by atoms with Crippen LogP contribution >= 0.6 is 0 Å². The standard InChI is InChI=1S/C26H27FN2O2/c1-31-25-5-3-2-4-24(25)21-10-6-20(7-11-21)17-29-15-14-23(18-29)28-26(30)16-19-8-12-22(27)13-9-19/h2-13,23H,14-18H2,1H3,(H,28,30). The van der Waals surface area contributed by atoms with Crippen LogP contribution in [0.5, 0.6) is 5.75 Å². The smallest absolute Gasteiger partial charge is 0.224 e. The summed E-state index contributed by atoms with van der Waals surface area (Å²) in [4.78, 5) is 14.7. The Hall–Kier alpha value is -3.18. The van der Waals surface area contributed by atoms with Crippen LogP contribution in [0.25, 0.3) is 11.1 Å². The van der Waals surface area contributed by atoms with E-state index in [0.29, 0.717) is 0 Å². The zero-order valence-electron chi connectivity index (χ0n) is 17.7. The average Bonchev–Trinajstić information content (AvgIpc) is 3.22. The second-order valence-electron chi connectivity index (χ2n) is 7.99. The number of halogens is 1. The second kappa shape index (κ2) is 9.75. The molecule has 4 rings (SSSR count). The maximum absolute atomic E-state index is 13.0. The van der Waals surface area contributed by atoms with Gasteiger partial charge in [-0.15, -0.1) is 0 Å². The molecule has 1 fully saturated rings. The van der Waals surface area contributed by atoms with Crippen LogP contribution in [0.4, 0.5) is 4.39 Å². The number of benzene rings is 3.